The third-order valence-corrected chi connectivity index (χ3v) is 4.01. The first kappa shape index (κ1) is 15.9. The van der Waals surface area contributed by atoms with Crippen LogP contribution in [0.2, 0.25) is 0 Å². The number of pyridine rings is 1. The van der Waals surface area contributed by atoms with E-state index in [9.17, 15) is 9.59 Å². The minimum absolute atomic E-state index is 0.110. The van der Waals surface area contributed by atoms with Crippen molar-refractivity contribution in [3.05, 3.63) is 54.1 Å². The van der Waals surface area contributed by atoms with Gasteiger partial charge in [0.25, 0.3) is 11.8 Å². The van der Waals surface area contributed by atoms with Crippen LogP contribution in [0.15, 0.2) is 48.5 Å². The van der Waals surface area contributed by atoms with Gasteiger partial charge in [-0.3, -0.25) is 9.59 Å². The summed E-state index contributed by atoms with van der Waals surface area (Å²) in [5, 5.41) is 6.42. The molecule has 0 saturated carbocycles. The quantitative estimate of drug-likeness (QED) is 0.759. The number of fused-ring (bicyclic) bond motifs is 2. The number of ether oxygens (including phenoxy) is 2. The van der Waals surface area contributed by atoms with Gasteiger partial charge < -0.3 is 20.1 Å². The van der Waals surface area contributed by atoms with Gasteiger partial charge >= 0.3 is 0 Å². The molecule has 2 aromatic carbocycles. The van der Waals surface area contributed by atoms with Crippen LogP contribution in [0.1, 0.15) is 10.4 Å². The fraction of sp³-hybridized carbons (Fsp3) is 0.105. The van der Waals surface area contributed by atoms with E-state index < -0.39 is 0 Å². The van der Waals surface area contributed by atoms with Crippen LogP contribution >= 0.6 is 0 Å². The van der Waals surface area contributed by atoms with Crippen molar-refractivity contribution in [1.82, 2.24) is 4.98 Å². The summed E-state index contributed by atoms with van der Waals surface area (Å²) in [5.41, 5.74) is 2.25. The average molecular weight is 349 g/mol. The standard InChI is InChI=1S/C19H15N3O4/c1-25-17-8-5-11-9-12(6-7-14(11)22-17)20-19(24)13-3-2-4-15-18(13)26-10-16(23)21-15/h2-9H,10H2,1H3,(H,20,24)(H,21,23). The Hall–Kier alpha value is -3.61. The maximum atomic E-state index is 12.7. The first-order valence-corrected chi connectivity index (χ1v) is 7.96. The molecule has 1 aliphatic rings. The zero-order valence-corrected chi connectivity index (χ0v) is 13.9. The molecule has 1 aromatic heterocycles. The van der Waals surface area contributed by atoms with Gasteiger partial charge in [-0.1, -0.05) is 6.07 Å². The lowest BCUT2D eigenvalue weighted by Crippen LogP contribution is -2.27. The largest absolute Gasteiger partial charge is 0.481 e. The summed E-state index contributed by atoms with van der Waals surface area (Å²) < 4.78 is 10.5. The smallest absolute Gasteiger partial charge is 0.262 e. The minimum Gasteiger partial charge on any atom is -0.481 e. The number of aromatic nitrogens is 1. The second-order valence-electron chi connectivity index (χ2n) is 5.73. The lowest BCUT2D eigenvalue weighted by molar-refractivity contribution is -0.118. The van der Waals surface area contributed by atoms with Gasteiger partial charge in [0.2, 0.25) is 5.88 Å². The molecule has 0 spiro atoms. The summed E-state index contributed by atoms with van der Waals surface area (Å²) in [6.07, 6.45) is 0. The van der Waals surface area contributed by atoms with E-state index in [4.69, 9.17) is 9.47 Å². The average Bonchev–Trinajstić information content (AvgIpc) is 2.66. The fourth-order valence-corrected chi connectivity index (χ4v) is 2.79. The Morgan fingerprint density at radius 3 is 2.96 bits per heavy atom. The number of carbonyl (C=O) groups excluding carboxylic acids is 2. The Morgan fingerprint density at radius 2 is 2.12 bits per heavy atom. The van der Waals surface area contributed by atoms with E-state index in [1.165, 1.54) is 0 Å². The highest BCUT2D eigenvalue weighted by Gasteiger charge is 2.22. The van der Waals surface area contributed by atoms with E-state index in [2.05, 4.69) is 15.6 Å². The van der Waals surface area contributed by atoms with Gasteiger partial charge in [-0.05, 0) is 36.4 Å². The molecule has 0 aliphatic carbocycles. The van der Waals surface area contributed by atoms with E-state index >= 15 is 0 Å². The summed E-state index contributed by atoms with van der Waals surface area (Å²) in [5.74, 6) is 0.340. The van der Waals surface area contributed by atoms with Gasteiger partial charge in [0, 0.05) is 17.1 Å². The Morgan fingerprint density at radius 1 is 1.23 bits per heavy atom. The molecule has 0 saturated heterocycles. The SMILES string of the molecule is COc1ccc2cc(NC(=O)c3cccc4c3OCC(=O)N4)ccc2n1. The molecule has 0 radical (unpaired) electrons. The van der Waals surface area contributed by atoms with Crippen molar-refractivity contribution in [1.29, 1.82) is 0 Å². The number of benzene rings is 2. The van der Waals surface area contributed by atoms with Gasteiger partial charge in [0.15, 0.2) is 12.4 Å². The molecule has 0 fully saturated rings. The van der Waals surface area contributed by atoms with E-state index in [-0.39, 0.29) is 18.4 Å². The lowest BCUT2D eigenvalue weighted by Gasteiger charge is -2.20. The summed E-state index contributed by atoms with van der Waals surface area (Å²) >= 11 is 0. The third kappa shape index (κ3) is 2.90. The summed E-state index contributed by atoms with van der Waals surface area (Å²) in [4.78, 5) is 28.4. The van der Waals surface area contributed by atoms with E-state index in [0.717, 1.165) is 10.9 Å². The van der Waals surface area contributed by atoms with Crippen molar-refractivity contribution >= 4 is 34.1 Å². The number of nitrogens with one attached hydrogen (secondary N) is 2. The predicted octanol–water partition coefficient (Wildman–Crippen LogP) is 2.83. The van der Waals surface area contributed by atoms with Crippen molar-refractivity contribution in [3.8, 4) is 11.6 Å². The molecule has 4 rings (SSSR count). The number of para-hydroxylation sites is 1. The second-order valence-corrected chi connectivity index (χ2v) is 5.73. The first-order chi connectivity index (χ1) is 12.6. The van der Waals surface area contributed by atoms with Crippen molar-refractivity contribution in [3.63, 3.8) is 0 Å². The second kappa shape index (κ2) is 6.36. The molecule has 2 heterocycles. The van der Waals surface area contributed by atoms with Gasteiger partial charge in [-0.15, -0.1) is 0 Å². The molecule has 26 heavy (non-hydrogen) atoms. The number of hydrogen-bond donors (Lipinski definition) is 2. The number of amides is 2. The number of anilines is 2. The maximum absolute atomic E-state index is 12.7. The van der Waals surface area contributed by atoms with Gasteiger partial charge in [-0.25, -0.2) is 4.98 Å². The van der Waals surface area contributed by atoms with Crippen LogP contribution in [-0.4, -0.2) is 30.5 Å². The van der Waals surface area contributed by atoms with E-state index in [1.54, 1.807) is 37.4 Å². The van der Waals surface area contributed by atoms with Crippen molar-refractivity contribution < 1.29 is 19.1 Å². The zero-order valence-electron chi connectivity index (χ0n) is 13.9. The molecule has 0 unspecified atom stereocenters. The molecule has 1 aliphatic heterocycles. The van der Waals surface area contributed by atoms with Gasteiger partial charge in [0.05, 0.1) is 23.9 Å². The first-order valence-electron chi connectivity index (χ1n) is 7.96. The summed E-state index contributed by atoms with van der Waals surface area (Å²) in [7, 11) is 1.56. The van der Waals surface area contributed by atoms with Crippen LogP contribution in [0, 0.1) is 0 Å². The van der Waals surface area contributed by atoms with Crippen molar-refractivity contribution in [2.75, 3.05) is 24.4 Å². The third-order valence-electron chi connectivity index (χ3n) is 4.01. The Labute approximate surface area is 148 Å². The lowest BCUT2D eigenvalue weighted by atomic mass is 10.1. The number of nitrogens with zero attached hydrogens (tertiary/aromatic N) is 1. The molecule has 7 nitrogen and oxygen atoms in total. The van der Waals surface area contributed by atoms with Crippen LogP contribution in [0.4, 0.5) is 11.4 Å². The number of hydrogen-bond acceptors (Lipinski definition) is 5. The molecule has 2 amide bonds. The van der Waals surface area contributed by atoms with E-state index in [0.29, 0.717) is 28.6 Å². The number of rotatable bonds is 3. The number of methoxy groups -OCH3 is 1. The molecule has 0 bridgehead atoms. The van der Waals surface area contributed by atoms with Crippen LogP contribution < -0.4 is 20.1 Å². The maximum Gasteiger partial charge on any atom is 0.262 e. The molecule has 0 atom stereocenters. The Kier molecular flexibility index (Phi) is 3.89. The highest BCUT2D eigenvalue weighted by atomic mass is 16.5. The summed E-state index contributed by atoms with van der Waals surface area (Å²) in [6, 6.07) is 14.1. The molecule has 3 aromatic rings. The monoisotopic (exact) mass is 349 g/mol. The fourth-order valence-electron chi connectivity index (χ4n) is 2.79. The van der Waals surface area contributed by atoms with Crippen LogP contribution in [0.3, 0.4) is 0 Å². The van der Waals surface area contributed by atoms with E-state index in [1.807, 2.05) is 18.2 Å². The zero-order chi connectivity index (χ0) is 18.1. The topological polar surface area (TPSA) is 89.5 Å². The Balaban J connectivity index is 1.62. The minimum atomic E-state index is -0.321. The van der Waals surface area contributed by atoms with Gasteiger partial charge in [0.1, 0.15) is 0 Å². The van der Waals surface area contributed by atoms with Crippen LogP contribution in [0.25, 0.3) is 10.9 Å². The van der Waals surface area contributed by atoms with Crippen LogP contribution in [-0.2, 0) is 4.79 Å². The van der Waals surface area contributed by atoms with Crippen LogP contribution in [0.5, 0.6) is 11.6 Å². The molecule has 130 valence electrons. The molecular formula is C19H15N3O4. The highest BCUT2D eigenvalue weighted by Crippen LogP contribution is 2.32. The molecule has 7 heteroatoms. The molecule has 2 N–H and O–H groups in total. The van der Waals surface area contributed by atoms with Crippen molar-refractivity contribution in [2.45, 2.75) is 0 Å². The normalized spacial score (nSPS) is 12.7. The molecular weight excluding hydrogens is 334 g/mol. The predicted molar refractivity (Wildman–Crippen MR) is 96.8 cm³/mol. The van der Waals surface area contributed by atoms with Gasteiger partial charge in [-0.2, -0.15) is 0 Å². The number of carbonyl (C=O) groups is 2. The Bertz CT molecular complexity index is 1030. The van der Waals surface area contributed by atoms with Crippen molar-refractivity contribution in [2.24, 2.45) is 0 Å². The summed E-state index contributed by atoms with van der Waals surface area (Å²) in [6.45, 7) is -0.110. The highest BCUT2D eigenvalue weighted by molar-refractivity contribution is 6.09.